The minimum absolute atomic E-state index is 0.0105. The van der Waals surface area contributed by atoms with E-state index in [0.717, 1.165) is 0 Å². The summed E-state index contributed by atoms with van der Waals surface area (Å²) < 4.78 is 58.8. The molecule has 4 fully saturated rings. The van der Waals surface area contributed by atoms with Gasteiger partial charge in [0.1, 0.15) is 53.8 Å². The molecule has 46 heavy (non-hydrogen) atoms. The van der Waals surface area contributed by atoms with Crippen LogP contribution in [-0.2, 0) is 48.7 Å². The second-order valence-electron chi connectivity index (χ2n) is 11.4. The van der Waals surface area contributed by atoms with E-state index in [1.807, 2.05) is 0 Å². The lowest BCUT2D eigenvalue weighted by Gasteiger charge is -2.33. The topological polar surface area (TPSA) is 255 Å². The van der Waals surface area contributed by atoms with Gasteiger partial charge in [-0.15, -0.1) is 0 Å². The third-order valence-electron chi connectivity index (χ3n) is 8.28. The van der Waals surface area contributed by atoms with Crippen molar-refractivity contribution in [2.24, 2.45) is 0 Å². The zero-order valence-electron chi connectivity index (χ0n) is 24.0. The Balaban J connectivity index is 1.14. The van der Waals surface area contributed by atoms with Crippen LogP contribution in [0.1, 0.15) is 18.3 Å². The minimum Gasteiger partial charge on any atom is -0.387 e. The van der Waals surface area contributed by atoms with Crippen molar-refractivity contribution >= 4 is 54.3 Å². The second-order valence-corrected chi connectivity index (χ2v) is 16.2. The molecule has 10 atom stereocenters. The molecular weight excluding hydrogens is 672 g/mol. The molecule has 4 aliphatic heterocycles. The Kier molecular flexibility index (Phi) is 7.05. The van der Waals surface area contributed by atoms with Crippen molar-refractivity contribution in [1.29, 1.82) is 0 Å². The molecule has 0 radical (unpaired) electrons. The van der Waals surface area contributed by atoms with Crippen molar-refractivity contribution in [3.05, 3.63) is 35.2 Å². The number of nitrogens with zero attached hydrogens (tertiary/aromatic N) is 7. The quantitative estimate of drug-likeness (QED) is 0.195. The van der Waals surface area contributed by atoms with Crippen molar-refractivity contribution in [1.82, 2.24) is 39.0 Å². The summed E-state index contributed by atoms with van der Waals surface area (Å²) in [5, 5.41) is 11.3. The van der Waals surface area contributed by atoms with Crippen LogP contribution in [0.5, 0.6) is 0 Å². The zero-order chi connectivity index (χ0) is 32.2. The monoisotopic (exact) mass is 699 g/mol. The number of hydrogen-bond donors (Lipinski definition) is 4. The number of aliphatic hydroxyl groups is 1. The zero-order valence-corrected chi connectivity index (χ0v) is 26.6. The largest absolute Gasteiger partial charge is 0.387 e. The molecule has 0 spiro atoms. The van der Waals surface area contributed by atoms with Gasteiger partial charge in [-0.05, 0) is 18.7 Å². The summed E-state index contributed by atoms with van der Waals surface area (Å²) >= 11 is 5.39. The van der Waals surface area contributed by atoms with E-state index < -0.39 is 81.7 Å². The molecule has 0 saturated carbocycles. The van der Waals surface area contributed by atoms with Crippen molar-refractivity contribution in [2.45, 2.75) is 55.5 Å². The maximum Gasteiger partial charge on any atom is 0.328 e. The Labute approximate surface area is 262 Å². The van der Waals surface area contributed by atoms with Crippen molar-refractivity contribution < 1.29 is 46.9 Å². The van der Waals surface area contributed by atoms with Crippen LogP contribution in [-0.4, -0.2) is 112 Å². The summed E-state index contributed by atoms with van der Waals surface area (Å²) in [6.07, 6.45) is -3.96. The molecular formula is C23H27N9O11P2S. The van der Waals surface area contributed by atoms with Gasteiger partial charge in [0, 0.05) is 6.66 Å². The first-order valence-electron chi connectivity index (χ1n) is 13.9. The molecule has 0 amide bonds. The van der Waals surface area contributed by atoms with Gasteiger partial charge >= 0.3 is 14.3 Å². The Morgan fingerprint density at radius 3 is 2.63 bits per heavy atom. The molecule has 4 aromatic rings. The number of anilines is 1. The van der Waals surface area contributed by atoms with Gasteiger partial charge in [-0.3, -0.25) is 27.5 Å². The van der Waals surface area contributed by atoms with E-state index in [4.69, 9.17) is 49.8 Å². The number of hydrogen-bond acceptors (Lipinski definition) is 17. The molecule has 8 heterocycles. The number of fused-ring (bicyclic) bond motifs is 4. The molecule has 4 aromatic heterocycles. The Morgan fingerprint density at radius 2 is 1.83 bits per heavy atom. The Hall–Kier alpha value is -2.78. The van der Waals surface area contributed by atoms with E-state index in [1.165, 1.54) is 30.2 Å². The summed E-state index contributed by atoms with van der Waals surface area (Å²) in [4.78, 5) is 47.3. The van der Waals surface area contributed by atoms with Gasteiger partial charge in [-0.2, -0.15) is 0 Å². The number of aliphatic hydroxyl groups excluding tert-OH is 1. The van der Waals surface area contributed by atoms with Gasteiger partial charge in [0.2, 0.25) is 0 Å². The number of imidazole rings is 2. The third-order valence-corrected chi connectivity index (χ3v) is 11.0. The first-order valence-corrected chi connectivity index (χ1v) is 18.5. The van der Waals surface area contributed by atoms with Crippen LogP contribution in [0.25, 0.3) is 22.3 Å². The lowest BCUT2D eigenvalue weighted by atomic mass is 10.0. The van der Waals surface area contributed by atoms with Crippen LogP contribution in [0.2, 0.25) is 0 Å². The van der Waals surface area contributed by atoms with Crippen molar-refractivity contribution in [2.75, 3.05) is 32.2 Å². The molecule has 0 aliphatic carbocycles. The highest BCUT2D eigenvalue weighted by atomic mass is 32.5. The van der Waals surface area contributed by atoms with Gasteiger partial charge in [0.05, 0.1) is 32.5 Å². The summed E-state index contributed by atoms with van der Waals surface area (Å²) in [6.45, 7) is -2.26. The van der Waals surface area contributed by atoms with Gasteiger partial charge < -0.3 is 44.0 Å². The summed E-state index contributed by atoms with van der Waals surface area (Å²) in [5.41, 5.74) is 4.87. The first-order chi connectivity index (χ1) is 21.8. The number of H-pyrrole nitrogens is 1. The van der Waals surface area contributed by atoms with E-state index in [9.17, 15) is 19.4 Å². The molecule has 0 aromatic carbocycles. The van der Waals surface area contributed by atoms with Crippen LogP contribution in [0.3, 0.4) is 0 Å². The Bertz CT molecular complexity index is 2030. The number of nitrogens with one attached hydrogen (secondary N) is 1. The molecule has 4 bridgehead atoms. The van der Waals surface area contributed by atoms with Crippen molar-refractivity contribution in [3.8, 4) is 0 Å². The molecule has 23 heteroatoms. The number of aryl methyl sites for hydroxylation is 1. The highest BCUT2D eigenvalue weighted by Crippen LogP contribution is 2.58. The summed E-state index contributed by atoms with van der Waals surface area (Å²) in [7, 11) is -3.92. The fourth-order valence-electron chi connectivity index (χ4n) is 6.17. The van der Waals surface area contributed by atoms with Gasteiger partial charge in [-0.1, -0.05) is 0 Å². The molecule has 4 saturated heterocycles. The predicted octanol–water partition coefficient (Wildman–Crippen LogP) is -0.368. The standard InChI is InChI=1S/C23H27N9O11P2S/c1-9-29-19-12(20(34)30-9)28-8-32(19)21-14-13(33)10(40-21)3-38-44(2,35)43-16-15-22(31-7-27-11-17(24)25-6-26-18(11)31)41-23(16,4-37-15)5-39-45(36,46)42-14/h6-8,10,13-16,21-22,33H,3-5H2,1-2H3,(H,36,46)(H2,24,25,26)(H,29,30,34)/t10?,13?,14?,15?,16?,21?,22?,23?,44-,45?/m1/s1. The van der Waals surface area contributed by atoms with Gasteiger partial charge in [0.15, 0.2) is 35.1 Å². The fraction of sp³-hybridized carbons (Fsp3) is 0.565. The van der Waals surface area contributed by atoms with Crippen LogP contribution in [0.4, 0.5) is 5.82 Å². The maximum atomic E-state index is 13.8. The number of ether oxygens (including phenoxy) is 3. The van der Waals surface area contributed by atoms with Crippen LogP contribution >= 0.6 is 14.3 Å². The summed E-state index contributed by atoms with van der Waals surface area (Å²) in [6, 6.07) is 0. The van der Waals surface area contributed by atoms with E-state index in [1.54, 1.807) is 11.5 Å². The average Bonchev–Trinajstić information content (AvgIpc) is 3.80. The van der Waals surface area contributed by atoms with Crippen LogP contribution < -0.4 is 11.3 Å². The summed E-state index contributed by atoms with van der Waals surface area (Å²) in [5.74, 6) is 0.466. The number of aromatic nitrogens is 8. The second kappa shape index (κ2) is 10.6. The third kappa shape index (κ3) is 4.85. The average molecular weight is 700 g/mol. The first kappa shape index (κ1) is 30.5. The smallest absolute Gasteiger partial charge is 0.328 e. The van der Waals surface area contributed by atoms with Gasteiger partial charge in [-0.25, -0.2) is 24.9 Å². The molecule has 5 N–H and O–H groups in total. The molecule has 246 valence electrons. The molecule has 8 rings (SSSR count). The normalized spacial score (nSPS) is 39.7. The number of rotatable bonds is 2. The minimum atomic E-state index is -4.18. The number of nitrogen functional groups attached to an aromatic ring is 1. The molecule has 4 aliphatic rings. The van der Waals surface area contributed by atoms with E-state index in [-0.39, 0.29) is 23.6 Å². The number of nitrogens with two attached hydrogens (primary N) is 1. The number of aromatic amines is 1. The highest BCUT2D eigenvalue weighted by molar-refractivity contribution is 8.07. The SMILES string of the molecule is Cc1nc2c(ncn2C2OC3CO[P@@](C)(=O)OC4C5OCC4(COP(O)(=S)OC2C3O)OC5n2cnc3c(N)ncnc32)c(=O)[nH]1. The van der Waals surface area contributed by atoms with Crippen molar-refractivity contribution in [3.63, 3.8) is 0 Å². The highest BCUT2D eigenvalue weighted by Gasteiger charge is 2.65. The molecule has 9 unspecified atom stereocenters. The fourth-order valence-corrected chi connectivity index (χ4v) is 8.81. The molecule has 20 nitrogen and oxygen atoms in total. The maximum absolute atomic E-state index is 13.8. The van der Waals surface area contributed by atoms with E-state index in [0.29, 0.717) is 17.0 Å². The predicted molar refractivity (Wildman–Crippen MR) is 157 cm³/mol. The van der Waals surface area contributed by atoms with E-state index >= 15 is 0 Å². The van der Waals surface area contributed by atoms with Crippen LogP contribution in [0, 0.1) is 6.92 Å². The van der Waals surface area contributed by atoms with Gasteiger partial charge in [0.25, 0.3) is 5.56 Å². The Morgan fingerprint density at radius 1 is 1.07 bits per heavy atom. The lowest BCUT2D eigenvalue weighted by molar-refractivity contribution is -0.183. The van der Waals surface area contributed by atoms with E-state index in [2.05, 4.69) is 29.9 Å². The lowest BCUT2D eigenvalue weighted by Crippen LogP contribution is -2.45. The van der Waals surface area contributed by atoms with Crippen LogP contribution in [0.15, 0.2) is 23.8 Å².